The Labute approximate surface area is 189 Å². The van der Waals surface area contributed by atoms with E-state index in [1.165, 1.54) is 29.1 Å². The zero-order chi connectivity index (χ0) is 24.7. The number of nitrogens with one attached hydrogen (secondary N) is 3. The molecule has 0 aliphatic carbocycles. The highest BCUT2D eigenvalue weighted by Crippen LogP contribution is 2.31. The maximum Gasteiger partial charge on any atom is 0.433 e. The number of alkyl halides is 3. The molecule has 1 saturated heterocycles. The number of benzene rings is 1. The summed E-state index contributed by atoms with van der Waals surface area (Å²) in [5.74, 6) is -2.42. The fourth-order valence-electron chi connectivity index (χ4n) is 3.70. The average molecular weight is 476 g/mol. The predicted molar refractivity (Wildman–Crippen MR) is 109 cm³/mol. The maximum absolute atomic E-state index is 14.7. The van der Waals surface area contributed by atoms with Crippen LogP contribution >= 0.6 is 0 Å². The van der Waals surface area contributed by atoms with Crippen molar-refractivity contribution in [1.29, 1.82) is 0 Å². The van der Waals surface area contributed by atoms with Gasteiger partial charge >= 0.3 is 12.2 Å². The lowest BCUT2D eigenvalue weighted by Gasteiger charge is -2.26. The van der Waals surface area contributed by atoms with Crippen molar-refractivity contribution < 1.29 is 31.9 Å². The molecule has 1 aliphatic heterocycles. The second kappa shape index (κ2) is 8.24. The number of carbonyl (C=O) groups is 3. The Kier molecular flexibility index (Phi) is 5.55. The molecule has 34 heavy (non-hydrogen) atoms. The van der Waals surface area contributed by atoms with Gasteiger partial charge in [-0.05, 0) is 24.3 Å². The van der Waals surface area contributed by atoms with E-state index in [2.05, 4.69) is 26.0 Å². The average Bonchev–Trinajstić information content (AvgIpc) is 3.33. The molecule has 0 radical (unpaired) electrons. The first-order chi connectivity index (χ1) is 16.0. The Bertz CT molecular complexity index is 1290. The number of rotatable bonds is 5. The minimum Gasteiger partial charge on any atom is -0.349 e. The van der Waals surface area contributed by atoms with Gasteiger partial charge in [0.2, 0.25) is 0 Å². The van der Waals surface area contributed by atoms with Gasteiger partial charge in [-0.1, -0.05) is 12.1 Å². The molecule has 9 nitrogen and oxygen atoms in total. The third-order valence-corrected chi connectivity index (χ3v) is 5.31. The molecule has 4 rings (SSSR count). The summed E-state index contributed by atoms with van der Waals surface area (Å²) in [4.78, 5) is 40.8. The van der Waals surface area contributed by atoms with Crippen LogP contribution in [0.15, 0.2) is 48.8 Å². The Morgan fingerprint density at radius 3 is 2.50 bits per heavy atom. The van der Waals surface area contributed by atoms with E-state index in [4.69, 9.17) is 0 Å². The molecule has 1 fully saturated rings. The fraction of sp³-hybridized carbons (Fsp3) is 0.190. The number of imide groups is 1. The van der Waals surface area contributed by atoms with Crippen molar-refractivity contribution in [2.75, 3.05) is 6.54 Å². The monoisotopic (exact) mass is 476 g/mol. The Balaban J connectivity index is 1.66. The number of aryl methyl sites for hydroxylation is 1. The summed E-state index contributed by atoms with van der Waals surface area (Å²) >= 11 is 0. The van der Waals surface area contributed by atoms with E-state index in [1.54, 1.807) is 7.05 Å². The molecule has 3 aromatic rings. The molecule has 1 unspecified atom stereocenters. The van der Waals surface area contributed by atoms with Crippen LogP contribution in [0.5, 0.6) is 0 Å². The van der Waals surface area contributed by atoms with Crippen molar-refractivity contribution in [3.8, 4) is 11.1 Å². The quantitative estimate of drug-likeness (QED) is 0.385. The van der Waals surface area contributed by atoms with E-state index in [1.807, 2.05) is 0 Å². The normalized spacial score (nSPS) is 17.9. The zero-order valence-corrected chi connectivity index (χ0v) is 17.4. The molecule has 0 bridgehead atoms. The first-order valence-corrected chi connectivity index (χ1v) is 9.75. The Morgan fingerprint density at radius 2 is 1.94 bits per heavy atom. The van der Waals surface area contributed by atoms with E-state index in [-0.39, 0.29) is 22.4 Å². The highest BCUT2D eigenvalue weighted by Gasteiger charge is 2.50. The van der Waals surface area contributed by atoms with Gasteiger partial charge < -0.3 is 10.6 Å². The molecule has 4 amide bonds. The van der Waals surface area contributed by atoms with E-state index in [9.17, 15) is 31.9 Å². The third kappa shape index (κ3) is 3.95. The van der Waals surface area contributed by atoms with Gasteiger partial charge in [-0.3, -0.25) is 24.6 Å². The van der Waals surface area contributed by atoms with Crippen LogP contribution in [0.4, 0.5) is 22.4 Å². The molecule has 3 heterocycles. The molecular formula is C21H16F4N6O3. The van der Waals surface area contributed by atoms with Crippen molar-refractivity contribution in [2.45, 2.75) is 11.7 Å². The van der Waals surface area contributed by atoms with Crippen molar-refractivity contribution in [3.63, 3.8) is 0 Å². The molecule has 1 atom stereocenters. The number of nitrogens with zero attached hydrogens (tertiary/aromatic N) is 3. The van der Waals surface area contributed by atoms with Crippen LogP contribution in [0.3, 0.4) is 0 Å². The first kappa shape index (κ1) is 22.9. The number of halogens is 4. The Morgan fingerprint density at radius 1 is 1.18 bits per heavy atom. The van der Waals surface area contributed by atoms with Gasteiger partial charge in [0.25, 0.3) is 11.8 Å². The minimum absolute atomic E-state index is 0.0514. The van der Waals surface area contributed by atoms with Crippen molar-refractivity contribution in [1.82, 2.24) is 30.7 Å². The van der Waals surface area contributed by atoms with E-state index in [0.29, 0.717) is 6.07 Å². The van der Waals surface area contributed by atoms with Gasteiger partial charge in [0.15, 0.2) is 5.54 Å². The summed E-state index contributed by atoms with van der Waals surface area (Å²) in [6.45, 7) is -0.413. The van der Waals surface area contributed by atoms with E-state index < -0.39 is 47.6 Å². The lowest BCUT2D eigenvalue weighted by Crippen LogP contribution is -2.53. The van der Waals surface area contributed by atoms with Crippen LogP contribution in [0.25, 0.3) is 11.1 Å². The van der Waals surface area contributed by atoms with Crippen LogP contribution in [0.2, 0.25) is 0 Å². The molecule has 13 heteroatoms. The zero-order valence-electron chi connectivity index (χ0n) is 17.4. The molecule has 0 spiro atoms. The smallest absolute Gasteiger partial charge is 0.349 e. The van der Waals surface area contributed by atoms with Crippen LogP contribution < -0.4 is 16.0 Å². The summed E-state index contributed by atoms with van der Waals surface area (Å²) in [5.41, 5.74) is -3.09. The van der Waals surface area contributed by atoms with Crippen LogP contribution in [-0.4, -0.2) is 39.2 Å². The number of aromatic nitrogens is 3. The maximum atomic E-state index is 14.7. The second-order valence-corrected chi connectivity index (χ2v) is 7.43. The number of pyridine rings is 1. The summed E-state index contributed by atoms with van der Waals surface area (Å²) in [5, 5.41) is 11.1. The van der Waals surface area contributed by atoms with Crippen molar-refractivity contribution in [3.05, 3.63) is 71.6 Å². The van der Waals surface area contributed by atoms with Gasteiger partial charge in [-0.2, -0.15) is 18.3 Å². The minimum atomic E-state index is -4.68. The Hall–Kier alpha value is -4.29. The largest absolute Gasteiger partial charge is 0.433 e. The van der Waals surface area contributed by atoms with Crippen LogP contribution in [-0.2, 0) is 23.6 Å². The molecule has 1 aliphatic rings. The number of amides is 4. The summed E-state index contributed by atoms with van der Waals surface area (Å²) in [7, 11) is 1.54. The highest BCUT2D eigenvalue weighted by atomic mass is 19.4. The predicted octanol–water partition coefficient (Wildman–Crippen LogP) is 2.10. The summed E-state index contributed by atoms with van der Waals surface area (Å²) in [6.07, 6.45) is -2.46. The second-order valence-electron chi connectivity index (χ2n) is 7.43. The van der Waals surface area contributed by atoms with Gasteiger partial charge in [0.1, 0.15) is 11.5 Å². The van der Waals surface area contributed by atoms with E-state index in [0.717, 1.165) is 18.3 Å². The van der Waals surface area contributed by atoms with Gasteiger partial charge in [-0.25, -0.2) is 9.18 Å². The van der Waals surface area contributed by atoms with Crippen molar-refractivity contribution >= 4 is 17.8 Å². The van der Waals surface area contributed by atoms with Gasteiger partial charge in [0, 0.05) is 30.6 Å². The van der Waals surface area contributed by atoms with Crippen molar-refractivity contribution in [2.24, 2.45) is 7.05 Å². The summed E-state index contributed by atoms with van der Waals surface area (Å²) in [6, 6.07) is 5.97. The molecule has 3 N–H and O–H groups in total. The standard InChI is InChI=1S/C21H16F4N6O3/c1-31-15(7-8-28-31)20(18(33)29-19(34)30-20)10-27-17(32)12-3-2-4-13(22)16(12)11-5-6-14(26-9-11)21(23,24)25/h2-9H,10H2,1H3,(H,27,32)(H2,29,30,33,34). The SMILES string of the molecule is Cn1nccc1C1(CNC(=O)c2cccc(F)c2-c2ccc(C(F)(F)F)nc2)NC(=O)NC1=O. The molecular weight excluding hydrogens is 460 g/mol. The fourth-order valence-corrected chi connectivity index (χ4v) is 3.70. The number of carbonyl (C=O) groups excluding carboxylic acids is 3. The highest BCUT2D eigenvalue weighted by molar-refractivity contribution is 6.08. The van der Waals surface area contributed by atoms with Gasteiger partial charge in [0.05, 0.1) is 17.8 Å². The molecule has 2 aromatic heterocycles. The van der Waals surface area contributed by atoms with Gasteiger partial charge in [-0.15, -0.1) is 0 Å². The number of urea groups is 1. The van der Waals surface area contributed by atoms with E-state index >= 15 is 0 Å². The first-order valence-electron chi connectivity index (χ1n) is 9.75. The number of hydrogen-bond acceptors (Lipinski definition) is 5. The molecule has 0 saturated carbocycles. The molecule has 1 aromatic carbocycles. The van der Waals surface area contributed by atoms with Crippen LogP contribution in [0.1, 0.15) is 21.7 Å². The van der Waals surface area contributed by atoms with Crippen LogP contribution in [0, 0.1) is 5.82 Å². The summed E-state index contributed by atoms with van der Waals surface area (Å²) < 4.78 is 54.5. The molecule has 176 valence electrons. The topological polar surface area (TPSA) is 118 Å². The third-order valence-electron chi connectivity index (χ3n) is 5.31. The lowest BCUT2D eigenvalue weighted by atomic mass is 9.94. The lowest BCUT2D eigenvalue weighted by molar-refractivity contribution is -0.141. The number of hydrogen-bond donors (Lipinski definition) is 3.